The predicted octanol–water partition coefficient (Wildman–Crippen LogP) is 3.87. The second-order valence-electron chi connectivity index (χ2n) is 8.55. The Labute approximate surface area is 177 Å². The number of fused-ring (bicyclic) bond motifs is 1. The number of hydrogen-bond acceptors (Lipinski definition) is 6. The van der Waals surface area contributed by atoms with Gasteiger partial charge in [0.1, 0.15) is 11.9 Å². The summed E-state index contributed by atoms with van der Waals surface area (Å²) in [6.45, 7) is 2.67. The fourth-order valence-corrected chi connectivity index (χ4v) is 4.54. The third-order valence-electron chi connectivity index (χ3n) is 6.12. The molecule has 1 amide bonds. The Morgan fingerprint density at radius 2 is 2.13 bits per heavy atom. The number of pyridine rings is 1. The first-order valence-electron chi connectivity index (χ1n) is 11.0. The van der Waals surface area contributed by atoms with Crippen LogP contribution in [0.25, 0.3) is 0 Å². The Morgan fingerprint density at radius 1 is 1.27 bits per heavy atom. The highest BCUT2D eigenvalue weighted by Crippen LogP contribution is 2.37. The fourth-order valence-electron chi connectivity index (χ4n) is 4.54. The molecule has 0 spiro atoms. The normalized spacial score (nSPS) is 22.9. The molecule has 2 aliphatic carbocycles. The lowest BCUT2D eigenvalue weighted by Gasteiger charge is -2.19. The minimum Gasteiger partial charge on any atom is -0.446 e. The number of H-pyrrole nitrogens is 1. The quantitative estimate of drug-likeness (QED) is 0.639. The van der Waals surface area contributed by atoms with E-state index in [1.807, 2.05) is 19.1 Å². The number of aromatic nitrogens is 3. The van der Waals surface area contributed by atoms with E-state index in [-0.39, 0.29) is 12.2 Å². The molecule has 2 heterocycles. The molecule has 8 nitrogen and oxygen atoms in total. The SMILES string of the molecule is CCCNC(=O)O[C@H]1CC[C@@H](c2cc(Nc3ccc4c(n3)CC[C@@H]4N(C)C)n[nH]2)C1. The summed E-state index contributed by atoms with van der Waals surface area (Å²) in [4.78, 5) is 18.8. The maximum absolute atomic E-state index is 11.8. The summed E-state index contributed by atoms with van der Waals surface area (Å²) in [6.07, 6.45) is 5.37. The van der Waals surface area contributed by atoms with Crippen LogP contribution < -0.4 is 10.6 Å². The first-order chi connectivity index (χ1) is 14.5. The molecule has 30 heavy (non-hydrogen) atoms. The minimum atomic E-state index is -0.311. The van der Waals surface area contributed by atoms with Crippen molar-refractivity contribution in [3.05, 3.63) is 35.2 Å². The van der Waals surface area contributed by atoms with Crippen molar-refractivity contribution in [2.24, 2.45) is 0 Å². The molecule has 0 aromatic carbocycles. The predicted molar refractivity (Wildman–Crippen MR) is 116 cm³/mol. The molecule has 2 aromatic rings. The van der Waals surface area contributed by atoms with Crippen LogP contribution in [-0.4, -0.2) is 52.9 Å². The first-order valence-corrected chi connectivity index (χ1v) is 11.0. The van der Waals surface area contributed by atoms with Crippen molar-refractivity contribution in [1.29, 1.82) is 0 Å². The van der Waals surface area contributed by atoms with Gasteiger partial charge < -0.3 is 20.3 Å². The number of anilines is 2. The molecule has 0 unspecified atom stereocenters. The molecule has 3 atom stereocenters. The Bertz CT molecular complexity index is 880. The molecular weight excluding hydrogens is 380 g/mol. The number of carbonyl (C=O) groups is 1. The standard InChI is InChI=1S/C22H32N6O2/c1-4-11-23-22(29)30-15-6-5-14(12-15)18-13-21(27-26-18)25-20-10-7-16-17(24-20)8-9-19(16)28(2)3/h7,10,13-15,19H,4-6,8-9,11-12H2,1-3H3,(H,23,29)(H2,24,25,26,27)/t14-,15+,19+/m1/s1. The molecule has 0 aliphatic heterocycles. The average Bonchev–Trinajstić information content (AvgIpc) is 3.45. The molecule has 1 saturated carbocycles. The Kier molecular flexibility index (Phi) is 6.22. The van der Waals surface area contributed by atoms with Gasteiger partial charge in [0.15, 0.2) is 5.82 Å². The van der Waals surface area contributed by atoms with Crippen LogP contribution in [0.1, 0.15) is 67.9 Å². The lowest BCUT2D eigenvalue weighted by Crippen LogP contribution is -2.28. The number of aromatic amines is 1. The Hall–Kier alpha value is -2.61. The van der Waals surface area contributed by atoms with Crippen LogP contribution in [0.2, 0.25) is 0 Å². The van der Waals surface area contributed by atoms with Crippen molar-refractivity contribution in [3.8, 4) is 0 Å². The highest BCUT2D eigenvalue weighted by atomic mass is 16.6. The molecule has 2 aromatic heterocycles. The van der Waals surface area contributed by atoms with Crippen molar-refractivity contribution in [3.63, 3.8) is 0 Å². The number of nitrogens with one attached hydrogen (secondary N) is 3. The highest BCUT2D eigenvalue weighted by molar-refractivity contribution is 5.67. The van der Waals surface area contributed by atoms with Gasteiger partial charge in [0, 0.05) is 36.0 Å². The van der Waals surface area contributed by atoms with E-state index in [1.165, 1.54) is 11.3 Å². The zero-order valence-corrected chi connectivity index (χ0v) is 18.1. The molecule has 2 aliphatic rings. The summed E-state index contributed by atoms with van der Waals surface area (Å²) in [7, 11) is 4.24. The lowest BCUT2D eigenvalue weighted by atomic mass is 10.0. The van der Waals surface area contributed by atoms with Gasteiger partial charge >= 0.3 is 6.09 Å². The highest BCUT2D eigenvalue weighted by Gasteiger charge is 2.30. The number of rotatable bonds is 7. The smallest absolute Gasteiger partial charge is 0.407 e. The topological polar surface area (TPSA) is 95.2 Å². The lowest BCUT2D eigenvalue weighted by molar-refractivity contribution is 0.100. The maximum Gasteiger partial charge on any atom is 0.407 e. The third kappa shape index (κ3) is 4.59. The summed E-state index contributed by atoms with van der Waals surface area (Å²) in [5.41, 5.74) is 3.58. The van der Waals surface area contributed by atoms with Crippen molar-refractivity contribution < 1.29 is 9.53 Å². The molecule has 3 N–H and O–H groups in total. The number of carbonyl (C=O) groups excluding carboxylic acids is 1. The van der Waals surface area contributed by atoms with E-state index < -0.39 is 0 Å². The van der Waals surface area contributed by atoms with E-state index in [0.717, 1.165) is 55.9 Å². The number of hydrogen-bond donors (Lipinski definition) is 3. The van der Waals surface area contributed by atoms with Crippen molar-refractivity contribution in [2.45, 2.75) is 63.5 Å². The largest absolute Gasteiger partial charge is 0.446 e. The van der Waals surface area contributed by atoms with E-state index in [2.05, 4.69) is 45.9 Å². The summed E-state index contributed by atoms with van der Waals surface area (Å²) >= 11 is 0. The summed E-state index contributed by atoms with van der Waals surface area (Å²) in [6, 6.07) is 6.71. The van der Waals surface area contributed by atoms with Crippen LogP contribution in [0.3, 0.4) is 0 Å². The van der Waals surface area contributed by atoms with Crippen molar-refractivity contribution in [2.75, 3.05) is 26.0 Å². The maximum atomic E-state index is 11.8. The van der Waals surface area contributed by atoms with Gasteiger partial charge in [-0.15, -0.1) is 0 Å². The Balaban J connectivity index is 1.34. The van der Waals surface area contributed by atoms with Gasteiger partial charge in [0.2, 0.25) is 0 Å². The molecule has 0 bridgehead atoms. The average molecular weight is 413 g/mol. The molecular formula is C22H32N6O2. The summed E-state index contributed by atoms with van der Waals surface area (Å²) < 4.78 is 5.52. The molecule has 4 rings (SSSR count). The number of alkyl carbamates (subject to hydrolysis) is 1. The van der Waals surface area contributed by atoms with Crippen molar-refractivity contribution in [1.82, 2.24) is 25.4 Å². The van der Waals surface area contributed by atoms with Gasteiger partial charge in [0.25, 0.3) is 0 Å². The van der Waals surface area contributed by atoms with Gasteiger partial charge in [-0.1, -0.05) is 13.0 Å². The molecule has 0 radical (unpaired) electrons. The van der Waals surface area contributed by atoms with E-state index >= 15 is 0 Å². The number of amides is 1. The van der Waals surface area contributed by atoms with Crippen LogP contribution in [0, 0.1) is 0 Å². The van der Waals surface area contributed by atoms with Gasteiger partial charge in [-0.2, -0.15) is 5.10 Å². The fraction of sp³-hybridized carbons (Fsp3) is 0.591. The number of ether oxygens (including phenoxy) is 1. The van der Waals surface area contributed by atoms with E-state index in [9.17, 15) is 4.79 Å². The zero-order chi connectivity index (χ0) is 21.1. The van der Waals surface area contributed by atoms with Crippen LogP contribution in [0.5, 0.6) is 0 Å². The molecule has 1 fully saturated rings. The second-order valence-corrected chi connectivity index (χ2v) is 8.55. The molecule has 8 heteroatoms. The van der Waals surface area contributed by atoms with Gasteiger partial charge in [-0.05, 0) is 64.3 Å². The van der Waals surface area contributed by atoms with Gasteiger partial charge in [-0.25, -0.2) is 9.78 Å². The van der Waals surface area contributed by atoms with E-state index in [4.69, 9.17) is 9.72 Å². The molecule has 0 saturated heterocycles. The second kappa shape index (κ2) is 9.04. The van der Waals surface area contributed by atoms with E-state index in [0.29, 0.717) is 18.5 Å². The summed E-state index contributed by atoms with van der Waals surface area (Å²) in [5, 5.41) is 13.7. The van der Waals surface area contributed by atoms with Crippen LogP contribution in [0.4, 0.5) is 16.4 Å². The third-order valence-corrected chi connectivity index (χ3v) is 6.12. The molecule has 162 valence electrons. The first kappa shape index (κ1) is 20.7. The monoisotopic (exact) mass is 412 g/mol. The van der Waals surface area contributed by atoms with E-state index in [1.54, 1.807) is 0 Å². The summed E-state index contributed by atoms with van der Waals surface area (Å²) in [5.74, 6) is 1.92. The van der Waals surface area contributed by atoms with Crippen LogP contribution in [-0.2, 0) is 11.2 Å². The zero-order valence-electron chi connectivity index (χ0n) is 18.1. The van der Waals surface area contributed by atoms with Crippen LogP contribution in [0.15, 0.2) is 18.2 Å². The number of aryl methyl sites for hydroxylation is 1. The van der Waals surface area contributed by atoms with Crippen molar-refractivity contribution >= 4 is 17.7 Å². The van der Waals surface area contributed by atoms with Gasteiger partial charge in [0.05, 0.1) is 0 Å². The Morgan fingerprint density at radius 3 is 2.93 bits per heavy atom. The number of nitrogens with zero attached hydrogens (tertiary/aromatic N) is 3. The van der Waals surface area contributed by atoms with Gasteiger partial charge in [-0.3, -0.25) is 5.10 Å². The minimum absolute atomic E-state index is 0.0328. The van der Waals surface area contributed by atoms with Crippen LogP contribution >= 0.6 is 0 Å².